The van der Waals surface area contributed by atoms with Gasteiger partial charge in [0, 0.05) is 17.3 Å². The van der Waals surface area contributed by atoms with Gasteiger partial charge in [-0.25, -0.2) is 9.37 Å². The number of rotatable bonds is 6. The number of thiazole rings is 1. The molecule has 0 bridgehead atoms. The molecule has 0 aliphatic rings. The third-order valence-electron chi connectivity index (χ3n) is 3.71. The number of nitrogens with zero attached hydrogens (tertiary/aromatic N) is 1. The van der Waals surface area contributed by atoms with E-state index >= 15 is 0 Å². The lowest BCUT2D eigenvalue weighted by molar-refractivity contribution is 0.521. The van der Waals surface area contributed by atoms with Crippen LogP contribution in [-0.2, 0) is 6.42 Å². The Morgan fingerprint density at radius 2 is 2.05 bits per heavy atom. The van der Waals surface area contributed by atoms with Gasteiger partial charge in [-0.2, -0.15) is 0 Å². The van der Waals surface area contributed by atoms with Crippen molar-refractivity contribution in [3.63, 3.8) is 0 Å². The Labute approximate surface area is 130 Å². The minimum absolute atomic E-state index is 0.116. The molecule has 2 nitrogen and oxygen atoms in total. The minimum atomic E-state index is -0.176. The molecule has 0 radical (unpaired) electrons. The molecule has 0 spiro atoms. The van der Waals surface area contributed by atoms with Crippen molar-refractivity contribution >= 4 is 11.3 Å². The van der Waals surface area contributed by atoms with Crippen molar-refractivity contribution in [2.24, 2.45) is 0 Å². The van der Waals surface area contributed by atoms with Crippen LogP contribution >= 0.6 is 11.3 Å². The lowest BCUT2D eigenvalue weighted by Crippen LogP contribution is -2.25. The summed E-state index contributed by atoms with van der Waals surface area (Å²) < 4.78 is 13.6. The minimum Gasteiger partial charge on any atom is -0.310 e. The monoisotopic (exact) mass is 306 g/mol. The Bertz CT molecular complexity index is 587. The zero-order valence-electron chi connectivity index (χ0n) is 13.2. The third kappa shape index (κ3) is 4.11. The SMILES string of the molecule is CCCNC(Cc1nc(C)c(C)s1)c1cc(F)ccc1C. The standard InChI is InChI=1S/C17H23FN2S/c1-5-8-19-16(10-17-20-12(3)13(4)21-17)15-9-14(18)7-6-11(15)2/h6-7,9,16,19H,5,8,10H2,1-4H3. The highest BCUT2D eigenvalue weighted by molar-refractivity contribution is 7.11. The van der Waals surface area contributed by atoms with Gasteiger partial charge in [-0.3, -0.25) is 0 Å². The Morgan fingerprint density at radius 1 is 1.29 bits per heavy atom. The van der Waals surface area contributed by atoms with Gasteiger partial charge in [-0.1, -0.05) is 13.0 Å². The van der Waals surface area contributed by atoms with Crippen molar-refractivity contribution in [3.05, 3.63) is 50.7 Å². The van der Waals surface area contributed by atoms with Crippen molar-refractivity contribution in [1.29, 1.82) is 0 Å². The normalized spacial score (nSPS) is 12.6. The summed E-state index contributed by atoms with van der Waals surface area (Å²) in [7, 11) is 0. The highest BCUT2D eigenvalue weighted by atomic mass is 32.1. The molecule has 1 heterocycles. The second-order valence-corrected chi connectivity index (χ2v) is 6.75. The van der Waals surface area contributed by atoms with E-state index in [9.17, 15) is 4.39 Å². The first-order chi connectivity index (χ1) is 10.0. The maximum Gasteiger partial charge on any atom is 0.123 e. The number of halogens is 1. The summed E-state index contributed by atoms with van der Waals surface area (Å²) >= 11 is 1.74. The zero-order valence-corrected chi connectivity index (χ0v) is 14.0. The van der Waals surface area contributed by atoms with E-state index in [-0.39, 0.29) is 11.9 Å². The molecule has 0 saturated carbocycles. The Balaban J connectivity index is 2.27. The zero-order chi connectivity index (χ0) is 15.4. The molecule has 21 heavy (non-hydrogen) atoms. The topological polar surface area (TPSA) is 24.9 Å². The van der Waals surface area contributed by atoms with E-state index in [1.807, 2.05) is 19.9 Å². The van der Waals surface area contributed by atoms with Gasteiger partial charge in [0.05, 0.1) is 10.7 Å². The smallest absolute Gasteiger partial charge is 0.123 e. The Kier molecular flexibility index (Phi) is 5.48. The van der Waals surface area contributed by atoms with Crippen LogP contribution in [0.5, 0.6) is 0 Å². The van der Waals surface area contributed by atoms with Crippen LogP contribution in [-0.4, -0.2) is 11.5 Å². The van der Waals surface area contributed by atoms with Gasteiger partial charge >= 0.3 is 0 Å². The van der Waals surface area contributed by atoms with Gasteiger partial charge in [0.2, 0.25) is 0 Å². The number of benzene rings is 1. The molecular weight excluding hydrogens is 283 g/mol. The predicted octanol–water partition coefficient (Wildman–Crippen LogP) is 4.49. The van der Waals surface area contributed by atoms with Crippen molar-refractivity contribution in [2.45, 2.75) is 46.6 Å². The second kappa shape index (κ2) is 7.14. The van der Waals surface area contributed by atoms with Crippen LogP contribution in [0.2, 0.25) is 0 Å². The summed E-state index contributed by atoms with van der Waals surface area (Å²) in [5.41, 5.74) is 3.25. The maximum absolute atomic E-state index is 13.6. The quantitative estimate of drug-likeness (QED) is 0.850. The van der Waals surface area contributed by atoms with Crippen molar-refractivity contribution in [3.8, 4) is 0 Å². The molecule has 2 aromatic rings. The second-order valence-electron chi connectivity index (χ2n) is 5.46. The fourth-order valence-corrected chi connectivity index (χ4v) is 3.38. The van der Waals surface area contributed by atoms with Crippen molar-refractivity contribution < 1.29 is 4.39 Å². The molecule has 0 fully saturated rings. The van der Waals surface area contributed by atoms with E-state index in [0.717, 1.165) is 41.2 Å². The number of hydrogen-bond acceptors (Lipinski definition) is 3. The number of aryl methyl sites for hydroxylation is 3. The molecule has 1 unspecified atom stereocenters. The largest absolute Gasteiger partial charge is 0.310 e. The molecule has 0 amide bonds. The molecule has 0 aliphatic carbocycles. The molecule has 0 aliphatic heterocycles. The van der Waals surface area contributed by atoms with E-state index in [1.165, 1.54) is 10.9 Å². The first-order valence-electron chi connectivity index (χ1n) is 7.43. The molecule has 1 atom stereocenters. The lowest BCUT2D eigenvalue weighted by Gasteiger charge is -2.20. The molecule has 114 valence electrons. The van der Waals surface area contributed by atoms with Crippen LogP contribution in [0, 0.1) is 26.6 Å². The molecule has 1 N–H and O–H groups in total. The summed E-state index contributed by atoms with van der Waals surface area (Å²) in [6, 6.07) is 5.14. The summed E-state index contributed by atoms with van der Waals surface area (Å²) in [6.07, 6.45) is 1.87. The van der Waals surface area contributed by atoms with E-state index in [4.69, 9.17) is 0 Å². The maximum atomic E-state index is 13.6. The molecule has 4 heteroatoms. The summed E-state index contributed by atoms with van der Waals surface area (Å²) in [5.74, 6) is -0.176. The summed E-state index contributed by atoms with van der Waals surface area (Å²) in [5, 5.41) is 4.64. The van der Waals surface area contributed by atoms with Gasteiger partial charge in [0.25, 0.3) is 0 Å². The molecule has 0 saturated heterocycles. The van der Waals surface area contributed by atoms with E-state index in [2.05, 4.69) is 24.1 Å². The molecule has 1 aromatic carbocycles. The van der Waals surface area contributed by atoms with E-state index in [0.29, 0.717) is 0 Å². The highest BCUT2D eigenvalue weighted by Gasteiger charge is 2.17. The van der Waals surface area contributed by atoms with Gasteiger partial charge in [0.1, 0.15) is 5.82 Å². The average molecular weight is 306 g/mol. The Hall–Kier alpha value is -1.26. The molecule has 2 rings (SSSR count). The van der Waals surface area contributed by atoms with Crippen LogP contribution in [0.3, 0.4) is 0 Å². The fraction of sp³-hybridized carbons (Fsp3) is 0.471. The summed E-state index contributed by atoms with van der Waals surface area (Å²) in [6.45, 7) is 9.23. The molecular formula is C17H23FN2S. The Morgan fingerprint density at radius 3 is 2.67 bits per heavy atom. The van der Waals surface area contributed by atoms with Crippen molar-refractivity contribution in [2.75, 3.05) is 6.54 Å². The van der Waals surface area contributed by atoms with Gasteiger partial charge in [-0.05, 0) is 57.0 Å². The summed E-state index contributed by atoms with van der Waals surface area (Å²) in [4.78, 5) is 5.88. The van der Waals surface area contributed by atoms with Gasteiger partial charge in [0.15, 0.2) is 0 Å². The number of nitrogens with one attached hydrogen (secondary N) is 1. The first kappa shape index (κ1) is 16.1. The van der Waals surface area contributed by atoms with Crippen LogP contribution in [0.15, 0.2) is 18.2 Å². The van der Waals surface area contributed by atoms with E-state index < -0.39 is 0 Å². The van der Waals surface area contributed by atoms with Gasteiger partial charge in [-0.15, -0.1) is 11.3 Å². The van der Waals surface area contributed by atoms with Gasteiger partial charge < -0.3 is 5.32 Å². The number of hydrogen-bond donors (Lipinski definition) is 1. The van der Waals surface area contributed by atoms with E-state index in [1.54, 1.807) is 17.4 Å². The third-order valence-corrected chi connectivity index (χ3v) is 4.80. The van der Waals surface area contributed by atoms with Crippen LogP contribution < -0.4 is 5.32 Å². The molecule has 1 aromatic heterocycles. The van der Waals surface area contributed by atoms with Crippen LogP contribution in [0.25, 0.3) is 0 Å². The average Bonchev–Trinajstić information content (AvgIpc) is 2.76. The van der Waals surface area contributed by atoms with Crippen molar-refractivity contribution in [1.82, 2.24) is 10.3 Å². The fourth-order valence-electron chi connectivity index (χ4n) is 2.40. The van der Waals surface area contributed by atoms with Crippen LogP contribution in [0.1, 0.15) is 46.1 Å². The predicted molar refractivity (Wildman–Crippen MR) is 87.5 cm³/mol. The number of aromatic nitrogens is 1. The lowest BCUT2D eigenvalue weighted by atomic mass is 9.98. The first-order valence-corrected chi connectivity index (χ1v) is 8.25. The highest BCUT2D eigenvalue weighted by Crippen LogP contribution is 2.26. The van der Waals surface area contributed by atoms with Crippen LogP contribution in [0.4, 0.5) is 4.39 Å².